The second-order valence-electron chi connectivity index (χ2n) is 5.28. The Labute approximate surface area is 109 Å². The van der Waals surface area contributed by atoms with Crippen molar-refractivity contribution in [1.82, 2.24) is 0 Å². The highest BCUT2D eigenvalue weighted by atomic mass is 16.1. The lowest BCUT2D eigenvalue weighted by Crippen LogP contribution is -2.01. The third-order valence-corrected chi connectivity index (χ3v) is 4.26. The molecule has 0 saturated heterocycles. The fraction of sp³-hybridized carbons (Fsp3) is 0.353. The van der Waals surface area contributed by atoms with Crippen LogP contribution in [0.2, 0.25) is 0 Å². The predicted molar refractivity (Wildman–Crippen MR) is 76.7 cm³/mol. The van der Waals surface area contributed by atoms with Gasteiger partial charge in [-0.15, -0.1) is 0 Å². The molecule has 0 radical (unpaired) electrons. The molecule has 0 fully saturated rings. The van der Waals surface area contributed by atoms with Gasteiger partial charge in [0.15, 0.2) is 6.29 Å². The van der Waals surface area contributed by atoms with Crippen LogP contribution in [0.25, 0.3) is 5.57 Å². The van der Waals surface area contributed by atoms with Crippen molar-refractivity contribution in [2.45, 2.75) is 34.6 Å². The van der Waals surface area contributed by atoms with E-state index in [2.05, 4.69) is 39.8 Å². The summed E-state index contributed by atoms with van der Waals surface area (Å²) in [5.74, 6) is 0.409. The van der Waals surface area contributed by atoms with Crippen molar-refractivity contribution >= 4 is 11.9 Å². The molecule has 0 aromatic heterocycles. The standard InChI is InChI=1S/C17H20O/c1-10-6-7-16(15(8-10)9-18)17-13(4)11(2)12(3)14(17)5/h6-9,13H,1-5H3. The van der Waals surface area contributed by atoms with Crippen molar-refractivity contribution in [3.8, 4) is 0 Å². The van der Waals surface area contributed by atoms with Crippen LogP contribution in [0.5, 0.6) is 0 Å². The molecule has 94 valence electrons. The molecule has 0 saturated carbocycles. The van der Waals surface area contributed by atoms with Crippen molar-refractivity contribution in [2.24, 2.45) is 5.92 Å². The predicted octanol–water partition coefficient (Wildman–Crippen LogP) is 4.57. The van der Waals surface area contributed by atoms with E-state index in [1.807, 2.05) is 13.0 Å². The second-order valence-corrected chi connectivity index (χ2v) is 5.28. The minimum atomic E-state index is 0.409. The van der Waals surface area contributed by atoms with Crippen LogP contribution in [0.4, 0.5) is 0 Å². The summed E-state index contributed by atoms with van der Waals surface area (Å²) in [6.45, 7) is 10.8. The van der Waals surface area contributed by atoms with Gasteiger partial charge < -0.3 is 0 Å². The van der Waals surface area contributed by atoms with Gasteiger partial charge in [0.1, 0.15) is 0 Å². The fourth-order valence-corrected chi connectivity index (χ4v) is 2.82. The van der Waals surface area contributed by atoms with E-state index < -0.39 is 0 Å². The molecule has 2 rings (SSSR count). The van der Waals surface area contributed by atoms with Crippen molar-refractivity contribution in [3.05, 3.63) is 51.6 Å². The highest BCUT2D eigenvalue weighted by molar-refractivity contribution is 5.90. The number of hydrogen-bond acceptors (Lipinski definition) is 1. The third-order valence-electron chi connectivity index (χ3n) is 4.26. The first-order chi connectivity index (χ1) is 8.47. The van der Waals surface area contributed by atoms with Crippen LogP contribution < -0.4 is 0 Å². The van der Waals surface area contributed by atoms with Gasteiger partial charge in [0, 0.05) is 11.5 Å². The minimum absolute atomic E-state index is 0.409. The van der Waals surface area contributed by atoms with Gasteiger partial charge >= 0.3 is 0 Å². The molecule has 0 heterocycles. The molecule has 1 aliphatic carbocycles. The van der Waals surface area contributed by atoms with E-state index in [0.717, 1.165) is 23.0 Å². The van der Waals surface area contributed by atoms with Gasteiger partial charge in [-0.05, 0) is 56.0 Å². The van der Waals surface area contributed by atoms with E-state index >= 15 is 0 Å². The van der Waals surface area contributed by atoms with E-state index in [9.17, 15) is 4.79 Å². The van der Waals surface area contributed by atoms with Crippen LogP contribution in [0.1, 0.15) is 49.2 Å². The Balaban J connectivity index is 2.62. The van der Waals surface area contributed by atoms with E-state index in [1.54, 1.807) is 0 Å². The number of rotatable bonds is 2. The number of allylic oxidation sites excluding steroid dienone is 4. The molecule has 0 N–H and O–H groups in total. The Morgan fingerprint density at radius 3 is 2.22 bits per heavy atom. The largest absolute Gasteiger partial charge is 0.298 e. The van der Waals surface area contributed by atoms with Crippen LogP contribution in [0.15, 0.2) is 34.9 Å². The first-order valence-electron chi connectivity index (χ1n) is 6.42. The maximum atomic E-state index is 11.3. The molecule has 0 aliphatic heterocycles. The van der Waals surface area contributed by atoms with Gasteiger partial charge in [-0.3, -0.25) is 4.79 Å². The zero-order valence-electron chi connectivity index (χ0n) is 11.8. The summed E-state index contributed by atoms with van der Waals surface area (Å²) in [6.07, 6.45) is 0.971. The lowest BCUT2D eigenvalue weighted by Gasteiger charge is -2.15. The van der Waals surface area contributed by atoms with Gasteiger partial charge in [-0.1, -0.05) is 30.2 Å². The van der Waals surface area contributed by atoms with Gasteiger partial charge in [-0.25, -0.2) is 0 Å². The summed E-state index contributed by atoms with van der Waals surface area (Å²) in [7, 11) is 0. The molecule has 1 unspecified atom stereocenters. The summed E-state index contributed by atoms with van der Waals surface area (Å²) < 4.78 is 0. The Morgan fingerprint density at radius 2 is 1.72 bits per heavy atom. The van der Waals surface area contributed by atoms with E-state index in [4.69, 9.17) is 0 Å². The lowest BCUT2D eigenvalue weighted by molar-refractivity contribution is 0.112. The van der Waals surface area contributed by atoms with Crippen LogP contribution in [-0.2, 0) is 0 Å². The SMILES string of the molecule is CC1=C(C)C(C)C(c2ccc(C)cc2C=O)=C1C. The van der Waals surface area contributed by atoms with E-state index in [1.165, 1.54) is 22.3 Å². The molecule has 1 aromatic carbocycles. The van der Waals surface area contributed by atoms with Gasteiger partial charge in [0.25, 0.3) is 0 Å². The molecule has 1 atom stereocenters. The number of benzene rings is 1. The molecule has 1 aliphatic rings. The Morgan fingerprint density at radius 1 is 1.06 bits per heavy atom. The van der Waals surface area contributed by atoms with Gasteiger partial charge in [0.2, 0.25) is 0 Å². The first kappa shape index (κ1) is 12.8. The first-order valence-corrected chi connectivity index (χ1v) is 6.42. The molecule has 1 nitrogen and oxygen atoms in total. The Kier molecular flexibility index (Phi) is 3.25. The average molecular weight is 240 g/mol. The van der Waals surface area contributed by atoms with Crippen LogP contribution in [-0.4, -0.2) is 6.29 Å². The molecular formula is C17H20O. The highest BCUT2D eigenvalue weighted by Crippen LogP contribution is 2.43. The average Bonchev–Trinajstić information content (AvgIpc) is 2.55. The summed E-state index contributed by atoms with van der Waals surface area (Å²) in [5, 5.41) is 0. The van der Waals surface area contributed by atoms with Crippen LogP contribution in [0, 0.1) is 12.8 Å². The van der Waals surface area contributed by atoms with Crippen molar-refractivity contribution < 1.29 is 4.79 Å². The fourth-order valence-electron chi connectivity index (χ4n) is 2.82. The summed E-state index contributed by atoms with van der Waals surface area (Å²) in [4.78, 5) is 11.3. The van der Waals surface area contributed by atoms with Gasteiger partial charge in [-0.2, -0.15) is 0 Å². The monoisotopic (exact) mass is 240 g/mol. The van der Waals surface area contributed by atoms with Crippen molar-refractivity contribution in [3.63, 3.8) is 0 Å². The molecule has 0 bridgehead atoms. The van der Waals surface area contributed by atoms with E-state index in [-0.39, 0.29) is 0 Å². The van der Waals surface area contributed by atoms with Crippen LogP contribution >= 0.6 is 0 Å². The number of hydrogen-bond donors (Lipinski definition) is 0. The number of aldehydes is 1. The molecule has 0 amide bonds. The van der Waals surface area contributed by atoms with Crippen molar-refractivity contribution in [1.29, 1.82) is 0 Å². The normalized spacial score (nSPS) is 19.7. The molecule has 1 heteroatoms. The van der Waals surface area contributed by atoms with Gasteiger partial charge in [0.05, 0.1) is 0 Å². The molecule has 1 aromatic rings. The lowest BCUT2D eigenvalue weighted by atomic mass is 9.88. The topological polar surface area (TPSA) is 17.1 Å². The Hall–Kier alpha value is -1.63. The van der Waals surface area contributed by atoms with Crippen LogP contribution in [0.3, 0.4) is 0 Å². The van der Waals surface area contributed by atoms with Crippen molar-refractivity contribution in [2.75, 3.05) is 0 Å². The number of aryl methyl sites for hydroxylation is 1. The third kappa shape index (κ3) is 1.84. The Bertz CT molecular complexity index is 573. The number of carbonyl (C=O) groups excluding carboxylic acids is 1. The highest BCUT2D eigenvalue weighted by Gasteiger charge is 2.25. The number of carbonyl (C=O) groups is 1. The molecule has 0 spiro atoms. The summed E-state index contributed by atoms with van der Waals surface area (Å²) >= 11 is 0. The smallest absolute Gasteiger partial charge is 0.150 e. The second kappa shape index (κ2) is 4.56. The summed E-state index contributed by atoms with van der Waals surface area (Å²) in [5.41, 5.74) is 8.45. The van der Waals surface area contributed by atoms with E-state index in [0.29, 0.717) is 5.92 Å². The zero-order chi connectivity index (χ0) is 13.4. The molecular weight excluding hydrogens is 220 g/mol. The quantitative estimate of drug-likeness (QED) is 0.692. The maximum absolute atomic E-state index is 11.3. The summed E-state index contributed by atoms with van der Waals surface area (Å²) in [6, 6.07) is 6.14. The maximum Gasteiger partial charge on any atom is 0.150 e. The minimum Gasteiger partial charge on any atom is -0.298 e. The molecule has 18 heavy (non-hydrogen) atoms. The zero-order valence-corrected chi connectivity index (χ0v) is 11.8.